The van der Waals surface area contributed by atoms with Crippen LogP contribution in [0.2, 0.25) is 5.02 Å². The molecule has 1 aliphatic heterocycles. The summed E-state index contributed by atoms with van der Waals surface area (Å²) in [6.45, 7) is 3.32. The van der Waals surface area contributed by atoms with Gasteiger partial charge in [0, 0.05) is 30.2 Å². The van der Waals surface area contributed by atoms with Gasteiger partial charge in [-0.1, -0.05) is 22.9 Å². The number of halogens is 2. The van der Waals surface area contributed by atoms with Gasteiger partial charge in [-0.3, -0.25) is 0 Å². The number of morpholine rings is 1. The molecule has 158 valence electrons. The van der Waals surface area contributed by atoms with Crippen LogP contribution in [0.5, 0.6) is 0 Å². The summed E-state index contributed by atoms with van der Waals surface area (Å²) in [4.78, 5) is 15.4. The first kappa shape index (κ1) is 19.9. The highest BCUT2D eigenvalue weighted by atomic mass is 35.5. The summed E-state index contributed by atoms with van der Waals surface area (Å²) in [7, 11) is 0. The van der Waals surface area contributed by atoms with E-state index >= 15 is 0 Å². The van der Waals surface area contributed by atoms with Crippen LogP contribution in [0.1, 0.15) is 0 Å². The van der Waals surface area contributed by atoms with Gasteiger partial charge in [0.1, 0.15) is 16.8 Å². The van der Waals surface area contributed by atoms with E-state index in [1.165, 1.54) is 35.5 Å². The highest BCUT2D eigenvalue weighted by Crippen LogP contribution is 2.33. The normalized spacial score (nSPS) is 14.1. The molecule has 5 rings (SSSR count). The molecule has 0 unspecified atom stereocenters. The first-order valence-electron chi connectivity index (χ1n) is 9.69. The third-order valence-corrected chi connectivity index (χ3v) is 6.12. The Hall–Kier alpha value is -3.01. The first-order chi connectivity index (χ1) is 15.2. The van der Waals surface area contributed by atoms with Crippen LogP contribution < -0.4 is 15.5 Å². The Bertz CT molecular complexity index is 1210. The minimum atomic E-state index is -0.469. The van der Waals surface area contributed by atoms with Crippen molar-refractivity contribution >= 4 is 61.3 Å². The maximum absolute atomic E-state index is 13.4. The van der Waals surface area contributed by atoms with E-state index in [2.05, 4.69) is 42.6 Å². The number of nitrogens with zero attached hydrogens (tertiary/aromatic N) is 4. The number of aromatic nitrogens is 3. The van der Waals surface area contributed by atoms with Crippen LogP contribution >= 0.6 is 22.9 Å². The van der Waals surface area contributed by atoms with Gasteiger partial charge in [0.15, 0.2) is 16.6 Å². The fraction of sp³-hybridized carbons (Fsp3) is 0.190. The highest BCUT2D eigenvalue weighted by Gasteiger charge is 2.13. The second kappa shape index (κ2) is 8.62. The minimum Gasteiger partial charge on any atom is -0.378 e. The van der Waals surface area contributed by atoms with Crippen molar-refractivity contribution in [3.8, 4) is 0 Å². The average molecular weight is 457 g/mol. The second-order valence-electron chi connectivity index (χ2n) is 6.92. The molecule has 0 spiro atoms. The molecule has 0 bridgehead atoms. The van der Waals surface area contributed by atoms with Gasteiger partial charge in [-0.15, -0.1) is 0 Å². The molecule has 10 heteroatoms. The van der Waals surface area contributed by atoms with Crippen LogP contribution in [0, 0.1) is 5.82 Å². The van der Waals surface area contributed by atoms with E-state index in [1.807, 2.05) is 12.1 Å². The number of nitrogens with one attached hydrogen (secondary N) is 2. The number of hydrogen-bond acceptors (Lipinski definition) is 8. The Morgan fingerprint density at radius 2 is 1.77 bits per heavy atom. The van der Waals surface area contributed by atoms with E-state index in [9.17, 15) is 4.39 Å². The molecule has 0 aliphatic carbocycles. The third kappa shape index (κ3) is 4.39. The van der Waals surface area contributed by atoms with Crippen LogP contribution in [0.3, 0.4) is 0 Å². The van der Waals surface area contributed by atoms with E-state index in [0.29, 0.717) is 22.3 Å². The predicted octanol–water partition coefficient (Wildman–Crippen LogP) is 5.20. The van der Waals surface area contributed by atoms with Gasteiger partial charge in [-0.2, -0.15) is 4.98 Å². The molecule has 0 amide bonds. The lowest BCUT2D eigenvalue weighted by Crippen LogP contribution is -2.36. The van der Waals surface area contributed by atoms with Gasteiger partial charge >= 0.3 is 0 Å². The van der Waals surface area contributed by atoms with E-state index in [4.69, 9.17) is 16.3 Å². The van der Waals surface area contributed by atoms with E-state index in [0.717, 1.165) is 36.7 Å². The van der Waals surface area contributed by atoms with Crippen molar-refractivity contribution < 1.29 is 9.13 Å². The van der Waals surface area contributed by atoms with Crippen LogP contribution in [-0.4, -0.2) is 41.3 Å². The van der Waals surface area contributed by atoms with Crippen molar-refractivity contribution in [3.05, 3.63) is 59.6 Å². The molecule has 2 aromatic heterocycles. The van der Waals surface area contributed by atoms with E-state index in [1.54, 1.807) is 6.07 Å². The molecule has 1 aliphatic rings. The summed E-state index contributed by atoms with van der Waals surface area (Å²) in [5.74, 6) is 0.116. The molecule has 7 nitrogen and oxygen atoms in total. The number of hydrogen-bond donors (Lipinski definition) is 2. The Labute approximate surface area is 186 Å². The summed E-state index contributed by atoms with van der Waals surface area (Å²) in [6.07, 6.45) is 1.44. The van der Waals surface area contributed by atoms with Gasteiger partial charge in [0.25, 0.3) is 0 Å². The molecule has 1 fully saturated rings. The van der Waals surface area contributed by atoms with Gasteiger partial charge in [-0.05, 0) is 42.5 Å². The molecular formula is C21H18ClFN6OS. The largest absolute Gasteiger partial charge is 0.378 e. The zero-order valence-corrected chi connectivity index (χ0v) is 17.9. The van der Waals surface area contributed by atoms with Crippen molar-refractivity contribution in [2.75, 3.05) is 41.8 Å². The van der Waals surface area contributed by atoms with Crippen molar-refractivity contribution in [1.82, 2.24) is 15.0 Å². The van der Waals surface area contributed by atoms with Crippen molar-refractivity contribution in [3.63, 3.8) is 0 Å². The average Bonchev–Trinajstić information content (AvgIpc) is 3.21. The summed E-state index contributed by atoms with van der Waals surface area (Å²) in [5.41, 5.74) is 3.31. The monoisotopic (exact) mass is 456 g/mol. The molecule has 3 heterocycles. The number of fused-ring (bicyclic) bond motifs is 1. The zero-order chi connectivity index (χ0) is 21.2. The summed E-state index contributed by atoms with van der Waals surface area (Å²) in [6, 6.07) is 12.7. The smallest absolute Gasteiger partial charge is 0.189 e. The lowest BCUT2D eigenvalue weighted by Gasteiger charge is -2.28. The second-order valence-corrected chi connectivity index (χ2v) is 8.33. The Morgan fingerprint density at radius 1 is 1.00 bits per heavy atom. The highest BCUT2D eigenvalue weighted by molar-refractivity contribution is 7.22. The quantitative estimate of drug-likeness (QED) is 0.427. The Balaban J connectivity index is 1.35. The van der Waals surface area contributed by atoms with Crippen LogP contribution in [0.15, 0.2) is 48.8 Å². The first-order valence-corrected chi connectivity index (χ1v) is 10.9. The number of thiazole rings is 1. The SMILES string of the molecule is Fc1ccc(Nc2ncnc3nc(Nc4ccc(N5CCOCC5)cc4)sc23)cc1Cl. The summed E-state index contributed by atoms with van der Waals surface area (Å²) >= 11 is 7.31. The third-order valence-electron chi connectivity index (χ3n) is 4.87. The minimum absolute atomic E-state index is 0.0440. The van der Waals surface area contributed by atoms with Gasteiger partial charge in [-0.25, -0.2) is 14.4 Å². The van der Waals surface area contributed by atoms with E-state index in [-0.39, 0.29) is 5.02 Å². The molecule has 31 heavy (non-hydrogen) atoms. The molecule has 0 saturated carbocycles. The van der Waals surface area contributed by atoms with Crippen LogP contribution in [0.25, 0.3) is 10.3 Å². The fourth-order valence-corrected chi connectivity index (χ4v) is 4.37. The summed E-state index contributed by atoms with van der Waals surface area (Å²) < 4.78 is 19.6. The molecule has 1 saturated heterocycles. The predicted molar refractivity (Wildman–Crippen MR) is 123 cm³/mol. The molecular weight excluding hydrogens is 439 g/mol. The maximum Gasteiger partial charge on any atom is 0.189 e. The number of rotatable bonds is 5. The fourth-order valence-electron chi connectivity index (χ4n) is 3.31. The molecule has 4 aromatic rings. The van der Waals surface area contributed by atoms with Crippen molar-refractivity contribution in [1.29, 1.82) is 0 Å². The maximum atomic E-state index is 13.4. The molecule has 2 aromatic carbocycles. The molecule has 2 N–H and O–H groups in total. The van der Waals surface area contributed by atoms with Crippen LogP contribution in [-0.2, 0) is 4.74 Å². The lowest BCUT2D eigenvalue weighted by molar-refractivity contribution is 0.122. The standard InChI is InChI=1S/C21H18ClFN6OS/c22-16-11-14(3-6-17(16)23)26-19-18-20(25-12-24-19)28-21(31-18)27-13-1-4-15(5-2-13)29-7-9-30-10-8-29/h1-6,11-12H,7-10H2,(H2,24,25,26,27,28). The lowest BCUT2D eigenvalue weighted by atomic mass is 10.2. The molecule has 0 radical (unpaired) electrons. The Kier molecular flexibility index (Phi) is 5.54. The van der Waals surface area contributed by atoms with Gasteiger partial charge < -0.3 is 20.3 Å². The topological polar surface area (TPSA) is 75.2 Å². The number of benzene rings is 2. The number of ether oxygens (including phenoxy) is 1. The van der Waals surface area contributed by atoms with Crippen molar-refractivity contribution in [2.45, 2.75) is 0 Å². The van der Waals surface area contributed by atoms with Gasteiger partial charge in [0.2, 0.25) is 0 Å². The van der Waals surface area contributed by atoms with Gasteiger partial charge in [0.05, 0.1) is 18.2 Å². The zero-order valence-electron chi connectivity index (χ0n) is 16.3. The summed E-state index contributed by atoms with van der Waals surface area (Å²) in [5, 5.41) is 7.24. The molecule has 0 atom stereocenters. The number of anilines is 5. The van der Waals surface area contributed by atoms with E-state index < -0.39 is 5.82 Å². The van der Waals surface area contributed by atoms with Crippen LogP contribution in [0.4, 0.5) is 32.4 Å². The van der Waals surface area contributed by atoms with Crippen molar-refractivity contribution in [2.24, 2.45) is 0 Å². The Morgan fingerprint density at radius 3 is 2.55 bits per heavy atom.